The van der Waals surface area contributed by atoms with E-state index in [-0.39, 0.29) is 18.1 Å². The van der Waals surface area contributed by atoms with E-state index in [1.807, 2.05) is 27.1 Å². The van der Waals surface area contributed by atoms with Crippen LogP contribution < -0.4 is 19.9 Å². The van der Waals surface area contributed by atoms with Crippen LogP contribution in [0.15, 0.2) is 47.5 Å². The molecule has 0 atom stereocenters. The van der Waals surface area contributed by atoms with Crippen LogP contribution in [0.5, 0.6) is 17.2 Å². The van der Waals surface area contributed by atoms with Gasteiger partial charge in [-0.1, -0.05) is 0 Å². The number of ether oxygens (including phenoxy) is 3. The second-order valence-electron chi connectivity index (χ2n) is 10.5. The van der Waals surface area contributed by atoms with Crippen molar-refractivity contribution in [1.82, 2.24) is 29.9 Å². The van der Waals surface area contributed by atoms with Gasteiger partial charge in [-0.25, -0.2) is 9.89 Å². The highest BCUT2D eigenvalue weighted by atomic mass is 16.5. The van der Waals surface area contributed by atoms with Gasteiger partial charge in [-0.05, 0) is 44.2 Å². The molecule has 2 aliphatic rings. The Morgan fingerprint density at radius 3 is 2.36 bits per heavy atom. The maximum atomic E-state index is 13.7. The standard InChI is InChI=1S/C30H32N6O6/c1-4-40-24-13-19(14-25(41-5-2)26(24)20-16-31-35(3)17-20)28(38)36-10-8-30(9-11-36)15-22(37)21-12-18(6-7-23(21)42-30)27-32-29(39)34-33-27/h6-7,12-14,16-17H,4-5,8-11,15H2,1-3H3,(H2,32,33,34,39). The highest BCUT2D eigenvalue weighted by Gasteiger charge is 2.44. The summed E-state index contributed by atoms with van der Waals surface area (Å²) in [5, 5.41) is 10.6. The summed E-state index contributed by atoms with van der Waals surface area (Å²) < 4.78 is 20.1. The van der Waals surface area contributed by atoms with Crippen LogP contribution in [0, 0.1) is 0 Å². The molecule has 2 aromatic carbocycles. The molecule has 0 bridgehead atoms. The van der Waals surface area contributed by atoms with Crippen molar-refractivity contribution < 1.29 is 23.8 Å². The number of carbonyl (C=O) groups excluding carboxylic acids is 2. The lowest BCUT2D eigenvalue weighted by molar-refractivity contribution is -0.00572. The summed E-state index contributed by atoms with van der Waals surface area (Å²) in [6.07, 6.45) is 4.87. The van der Waals surface area contributed by atoms with Crippen LogP contribution in [0.4, 0.5) is 0 Å². The summed E-state index contributed by atoms with van der Waals surface area (Å²) in [6.45, 7) is 5.52. The third kappa shape index (κ3) is 5.04. The number of aromatic amines is 2. The number of hydrogen-bond acceptors (Lipinski definition) is 8. The predicted octanol–water partition coefficient (Wildman–Crippen LogP) is 3.60. The number of piperidine rings is 1. The maximum Gasteiger partial charge on any atom is 0.340 e. The molecule has 218 valence electrons. The van der Waals surface area contributed by atoms with E-state index in [2.05, 4.69) is 20.3 Å². The Kier molecular flexibility index (Phi) is 7.05. The summed E-state index contributed by atoms with van der Waals surface area (Å²) in [6, 6.07) is 8.72. The number of aryl methyl sites for hydroxylation is 1. The van der Waals surface area contributed by atoms with Gasteiger partial charge in [0.1, 0.15) is 22.8 Å². The van der Waals surface area contributed by atoms with E-state index in [4.69, 9.17) is 14.2 Å². The SMILES string of the molecule is CCOc1cc(C(=O)N2CCC3(CC2)CC(=O)c2cc(-c4n[nH]c(=O)[nH]4)ccc2O3)cc(OCC)c1-c1cnn(C)c1. The van der Waals surface area contributed by atoms with Crippen molar-refractivity contribution in [2.24, 2.45) is 7.05 Å². The van der Waals surface area contributed by atoms with Crippen LogP contribution in [0.25, 0.3) is 22.5 Å². The second kappa shape index (κ2) is 10.8. The fraction of sp³-hybridized carbons (Fsp3) is 0.367. The number of nitrogens with zero attached hydrogens (tertiary/aromatic N) is 4. The molecule has 0 saturated carbocycles. The molecular weight excluding hydrogens is 540 g/mol. The average molecular weight is 573 g/mol. The van der Waals surface area contributed by atoms with Crippen molar-refractivity contribution in [2.75, 3.05) is 26.3 Å². The van der Waals surface area contributed by atoms with Gasteiger partial charge in [0, 0.05) is 55.9 Å². The molecule has 2 aromatic heterocycles. The number of H-pyrrole nitrogens is 2. The summed E-state index contributed by atoms with van der Waals surface area (Å²) >= 11 is 0. The van der Waals surface area contributed by atoms with Gasteiger partial charge >= 0.3 is 5.69 Å². The molecule has 1 amide bonds. The number of carbonyl (C=O) groups is 2. The molecular formula is C30H32N6O6. The minimum Gasteiger partial charge on any atom is -0.493 e. The van der Waals surface area contributed by atoms with E-state index in [1.54, 1.807) is 46.1 Å². The lowest BCUT2D eigenvalue weighted by Gasteiger charge is -2.44. The minimum atomic E-state index is -0.680. The summed E-state index contributed by atoms with van der Waals surface area (Å²) in [5.74, 6) is 1.81. The fourth-order valence-electron chi connectivity index (χ4n) is 5.71. The number of amides is 1. The Bertz CT molecular complexity index is 1680. The number of Topliss-reactive ketones (excluding diaryl/α,β-unsaturated/α-hetero) is 1. The number of nitrogens with one attached hydrogen (secondary N) is 2. The van der Waals surface area contributed by atoms with E-state index in [0.29, 0.717) is 78.9 Å². The first-order valence-corrected chi connectivity index (χ1v) is 14.0. The lowest BCUT2D eigenvalue weighted by atomic mass is 9.82. The lowest BCUT2D eigenvalue weighted by Crippen LogP contribution is -2.52. The van der Waals surface area contributed by atoms with Crippen molar-refractivity contribution >= 4 is 11.7 Å². The second-order valence-corrected chi connectivity index (χ2v) is 10.5. The molecule has 2 aliphatic heterocycles. The predicted molar refractivity (Wildman–Crippen MR) is 153 cm³/mol. The zero-order valence-corrected chi connectivity index (χ0v) is 23.7. The van der Waals surface area contributed by atoms with Gasteiger partial charge in [0.15, 0.2) is 11.6 Å². The molecule has 12 heteroatoms. The topological polar surface area (TPSA) is 144 Å². The zero-order chi connectivity index (χ0) is 29.4. The van der Waals surface area contributed by atoms with Gasteiger partial charge in [0.05, 0.1) is 37.0 Å². The van der Waals surface area contributed by atoms with E-state index in [9.17, 15) is 14.4 Å². The molecule has 2 N–H and O–H groups in total. The first-order chi connectivity index (χ1) is 20.3. The monoisotopic (exact) mass is 572 g/mol. The van der Waals surface area contributed by atoms with E-state index in [1.165, 1.54) is 0 Å². The molecule has 4 heterocycles. The van der Waals surface area contributed by atoms with Crippen molar-refractivity contribution in [1.29, 1.82) is 0 Å². The molecule has 1 spiro atoms. The Labute approximate surface area is 241 Å². The number of hydrogen-bond donors (Lipinski definition) is 2. The largest absolute Gasteiger partial charge is 0.493 e. The van der Waals surface area contributed by atoms with Crippen LogP contribution in [0.1, 0.15) is 53.8 Å². The molecule has 4 aromatic rings. The van der Waals surface area contributed by atoms with Gasteiger partial charge < -0.3 is 19.1 Å². The van der Waals surface area contributed by atoms with Gasteiger partial charge in [0.25, 0.3) is 5.91 Å². The first-order valence-electron chi connectivity index (χ1n) is 14.0. The fourth-order valence-corrected chi connectivity index (χ4v) is 5.71. The normalized spacial score (nSPS) is 15.8. The highest BCUT2D eigenvalue weighted by molar-refractivity contribution is 6.01. The third-order valence-electron chi connectivity index (χ3n) is 7.73. The summed E-state index contributed by atoms with van der Waals surface area (Å²) in [4.78, 5) is 42.8. The van der Waals surface area contributed by atoms with Gasteiger partial charge in [-0.2, -0.15) is 10.2 Å². The first kappa shape index (κ1) is 27.3. The minimum absolute atomic E-state index is 0.0375. The molecule has 1 fully saturated rings. The van der Waals surface area contributed by atoms with Crippen LogP contribution in [-0.4, -0.2) is 73.5 Å². The maximum absolute atomic E-state index is 13.7. The number of ketones is 1. The van der Waals surface area contributed by atoms with E-state index < -0.39 is 11.3 Å². The quantitative estimate of drug-likeness (QED) is 0.342. The number of benzene rings is 2. The number of rotatable bonds is 7. The Morgan fingerprint density at radius 2 is 1.76 bits per heavy atom. The third-order valence-corrected chi connectivity index (χ3v) is 7.73. The number of likely N-dealkylation sites (tertiary alicyclic amines) is 1. The highest BCUT2D eigenvalue weighted by Crippen LogP contribution is 2.42. The molecule has 12 nitrogen and oxygen atoms in total. The number of aromatic nitrogens is 5. The summed E-state index contributed by atoms with van der Waals surface area (Å²) in [7, 11) is 1.84. The molecule has 0 unspecified atom stereocenters. The molecule has 42 heavy (non-hydrogen) atoms. The Hall–Kier alpha value is -4.87. The molecule has 1 saturated heterocycles. The molecule has 0 radical (unpaired) electrons. The van der Waals surface area contributed by atoms with E-state index >= 15 is 0 Å². The summed E-state index contributed by atoms with van der Waals surface area (Å²) in [5.41, 5.74) is 2.05. The molecule has 6 rings (SSSR count). The van der Waals surface area contributed by atoms with Crippen molar-refractivity contribution in [3.63, 3.8) is 0 Å². The Balaban J connectivity index is 1.21. The average Bonchev–Trinajstić information content (AvgIpc) is 3.61. The number of fused-ring (bicyclic) bond motifs is 1. The van der Waals surface area contributed by atoms with Crippen molar-refractivity contribution in [3.8, 4) is 39.8 Å². The van der Waals surface area contributed by atoms with Crippen LogP contribution in [0.2, 0.25) is 0 Å². The van der Waals surface area contributed by atoms with Crippen molar-refractivity contribution in [2.45, 2.75) is 38.7 Å². The van der Waals surface area contributed by atoms with Crippen LogP contribution >= 0.6 is 0 Å². The van der Waals surface area contributed by atoms with Crippen molar-refractivity contribution in [3.05, 3.63) is 64.3 Å². The van der Waals surface area contributed by atoms with Crippen LogP contribution in [-0.2, 0) is 7.05 Å². The van der Waals surface area contributed by atoms with Crippen LogP contribution in [0.3, 0.4) is 0 Å². The zero-order valence-electron chi connectivity index (χ0n) is 23.7. The van der Waals surface area contributed by atoms with E-state index in [0.717, 1.165) is 11.1 Å². The van der Waals surface area contributed by atoms with Gasteiger partial charge in [0.2, 0.25) is 0 Å². The molecule has 0 aliphatic carbocycles. The Morgan fingerprint density at radius 1 is 1.05 bits per heavy atom. The smallest absolute Gasteiger partial charge is 0.340 e. The van der Waals surface area contributed by atoms with Gasteiger partial charge in [-0.3, -0.25) is 19.3 Å². The van der Waals surface area contributed by atoms with Gasteiger partial charge in [-0.15, -0.1) is 0 Å².